The Labute approximate surface area is 117 Å². The maximum absolute atomic E-state index is 6.04. The molecule has 1 saturated carbocycles. The Balaban J connectivity index is 2.50. The molecular formula is C14H20BrNO2. The van der Waals surface area contributed by atoms with Crippen molar-refractivity contribution >= 4 is 15.9 Å². The number of benzene rings is 1. The highest BCUT2D eigenvalue weighted by molar-refractivity contribution is 9.10. The standard InChI is InChI=1S/C14H20BrNO2/c1-17-12-7-10(11(15)8-13(12)18-2)14(9-16)5-3-4-6-14/h7-8H,3-6,9,16H2,1-2H3. The first-order valence-corrected chi connectivity index (χ1v) is 7.08. The van der Waals surface area contributed by atoms with Gasteiger partial charge in [0.2, 0.25) is 0 Å². The molecule has 2 rings (SSSR count). The summed E-state index contributed by atoms with van der Waals surface area (Å²) in [7, 11) is 3.32. The molecule has 100 valence electrons. The van der Waals surface area contributed by atoms with Crippen LogP contribution in [0.1, 0.15) is 31.2 Å². The molecule has 0 unspecified atom stereocenters. The zero-order valence-corrected chi connectivity index (χ0v) is 12.5. The minimum Gasteiger partial charge on any atom is -0.493 e. The lowest BCUT2D eigenvalue weighted by molar-refractivity contribution is 0.351. The fourth-order valence-electron chi connectivity index (χ4n) is 2.90. The predicted molar refractivity (Wildman–Crippen MR) is 76.4 cm³/mol. The molecule has 1 aliphatic rings. The van der Waals surface area contributed by atoms with E-state index in [1.54, 1.807) is 14.2 Å². The Kier molecular flexibility index (Phi) is 4.17. The zero-order valence-electron chi connectivity index (χ0n) is 11.0. The van der Waals surface area contributed by atoms with Gasteiger partial charge in [-0.25, -0.2) is 0 Å². The summed E-state index contributed by atoms with van der Waals surface area (Å²) in [5.74, 6) is 1.52. The van der Waals surface area contributed by atoms with Gasteiger partial charge in [-0.2, -0.15) is 0 Å². The highest BCUT2D eigenvalue weighted by atomic mass is 79.9. The predicted octanol–water partition coefficient (Wildman–Crippen LogP) is 3.24. The quantitative estimate of drug-likeness (QED) is 0.928. The third kappa shape index (κ3) is 2.24. The Bertz CT molecular complexity index is 428. The zero-order chi connectivity index (χ0) is 13.2. The van der Waals surface area contributed by atoms with Crippen molar-refractivity contribution in [3.8, 4) is 11.5 Å². The van der Waals surface area contributed by atoms with E-state index in [0.717, 1.165) is 28.8 Å². The monoisotopic (exact) mass is 313 g/mol. The minimum atomic E-state index is 0.0956. The van der Waals surface area contributed by atoms with Crippen LogP contribution in [0.2, 0.25) is 0 Å². The molecule has 0 bridgehead atoms. The van der Waals surface area contributed by atoms with Crippen LogP contribution in [-0.2, 0) is 5.41 Å². The Morgan fingerprint density at radius 1 is 1.17 bits per heavy atom. The van der Waals surface area contributed by atoms with Crippen LogP contribution in [0.5, 0.6) is 11.5 Å². The van der Waals surface area contributed by atoms with Gasteiger partial charge >= 0.3 is 0 Å². The van der Waals surface area contributed by atoms with Gasteiger partial charge in [-0.05, 0) is 30.5 Å². The van der Waals surface area contributed by atoms with Gasteiger partial charge in [-0.1, -0.05) is 28.8 Å². The van der Waals surface area contributed by atoms with Gasteiger partial charge < -0.3 is 15.2 Å². The van der Waals surface area contributed by atoms with Gasteiger partial charge in [0.25, 0.3) is 0 Å². The molecule has 0 atom stereocenters. The second kappa shape index (κ2) is 5.49. The van der Waals surface area contributed by atoms with Gasteiger partial charge in [0.15, 0.2) is 11.5 Å². The van der Waals surface area contributed by atoms with Crippen molar-refractivity contribution in [2.75, 3.05) is 20.8 Å². The molecule has 0 radical (unpaired) electrons. The third-order valence-corrected chi connectivity index (χ3v) is 4.65. The largest absolute Gasteiger partial charge is 0.493 e. The van der Waals surface area contributed by atoms with Crippen LogP contribution in [0.4, 0.5) is 0 Å². The molecule has 4 heteroatoms. The summed E-state index contributed by atoms with van der Waals surface area (Å²) in [6.45, 7) is 0.682. The number of methoxy groups -OCH3 is 2. The van der Waals surface area contributed by atoms with Crippen molar-refractivity contribution in [1.29, 1.82) is 0 Å². The van der Waals surface area contributed by atoms with Gasteiger partial charge in [-0.3, -0.25) is 0 Å². The average molecular weight is 314 g/mol. The molecule has 0 amide bonds. The first kappa shape index (κ1) is 13.7. The van der Waals surface area contributed by atoms with E-state index in [1.165, 1.54) is 18.4 Å². The van der Waals surface area contributed by atoms with Crippen LogP contribution in [0, 0.1) is 0 Å². The second-order valence-electron chi connectivity index (χ2n) is 4.88. The fraction of sp³-hybridized carbons (Fsp3) is 0.571. The molecule has 0 heterocycles. The smallest absolute Gasteiger partial charge is 0.161 e. The highest BCUT2D eigenvalue weighted by Crippen LogP contribution is 2.46. The van der Waals surface area contributed by atoms with Crippen LogP contribution in [0.15, 0.2) is 16.6 Å². The minimum absolute atomic E-state index is 0.0956. The first-order chi connectivity index (χ1) is 8.66. The molecule has 1 fully saturated rings. The normalized spacial score (nSPS) is 17.8. The molecule has 2 N–H and O–H groups in total. The Hall–Kier alpha value is -0.740. The van der Waals surface area contributed by atoms with Crippen molar-refractivity contribution < 1.29 is 9.47 Å². The van der Waals surface area contributed by atoms with Gasteiger partial charge in [-0.15, -0.1) is 0 Å². The molecule has 3 nitrogen and oxygen atoms in total. The highest BCUT2D eigenvalue weighted by Gasteiger charge is 2.36. The van der Waals surface area contributed by atoms with E-state index in [-0.39, 0.29) is 5.41 Å². The Morgan fingerprint density at radius 3 is 2.22 bits per heavy atom. The van der Waals surface area contributed by atoms with Crippen LogP contribution in [0.25, 0.3) is 0 Å². The molecule has 0 spiro atoms. The summed E-state index contributed by atoms with van der Waals surface area (Å²) in [6.07, 6.45) is 4.80. The summed E-state index contributed by atoms with van der Waals surface area (Å²) in [6, 6.07) is 4.05. The van der Waals surface area contributed by atoms with Crippen LogP contribution < -0.4 is 15.2 Å². The summed E-state index contributed by atoms with van der Waals surface area (Å²) in [4.78, 5) is 0. The second-order valence-corrected chi connectivity index (χ2v) is 5.73. The van der Waals surface area contributed by atoms with E-state index < -0.39 is 0 Å². The van der Waals surface area contributed by atoms with Crippen molar-refractivity contribution in [2.24, 2.45) is 5.73 Å². The molecule has 1 aliphatic carbocycles. The van der Waals surface area contributed by atoms with E-state index >= 15 is 0 Å². The molecule has 18 heavy (non-hydrogen) atoms. The maximum Gasteiger partial charge on any atom is 0.161 e. The lowest BCUT2D eigenvalue weighted by atomic mass is 9.79. The number of hydrogen-bond donors (Lipinski definition) is 1. The van der Waals surface area contributed by atoms with Crippen molar-refractivity contribution in [3.63, 3.8) is 0 Å². The van der Waals surface area contributed by atoms with E-state index in [1.807, 2.05) is 6.07 Å². The van der Waals surface area contributed by atoms with Gasteiger partial charge in [0.05, 0.1) is 14.2 Å². The summed E-state index contributed by atoms with van der Waals surface area (Å²) in [5.41, 5.74) is 7.38. The third-order valence-electron chi connectivity index (χ3n) is 4.00. The lowest BCUT2D eigenvalue weighted by Gasteiger charge is -2.29. The average Bonchev–Trinajstić information content (AvgIpc) is 2.88. The van der Waals surface area contributed by atoms with Crippen molar-refractivity contribution in [2.45, 2.75) is 31.1 Å². The van der Waals surface area contributed by atoms with Gasteiger partial charge in [0, 0.05) is 16.4 Å². The van der Waals surface area contributed by atoms with E-state index in [9.17, 15) is 0 Å². The maximum atomic E-state index is 6.04. The van der Waals surface area contributed by atoms with Crippen LogP contribution in [0.3, 0.4) is 0 Å². The number of rotatable bonds is 4. The van der Waals surface area contributed by atoms with E-state index in [0.29, 0.717) is 6.54 Å². The summed E-state index contributed by atoms with van der Waals surface area (Å²) in [5, 5.41) is 0. The molecule has 1 aromatic rings. The summed E-state index contributed by atoms with van der Waals surface area (Å²) >= 11 is 3.65. The van der Waals surface area contributed by atoms with E-state index in [2.05, 4.69) is 22.0 Å². The molecular weight excluding hydrogens is 294 g/mol. The Morgan fingerprint density at radius 2 is 1.72 bits per heavy atom. The molecule has 1 aromatic carbocycles. The number of hydrogen-bond acceptors (Lipinski definition) is 3. The fourth-order valence-corrected chi connectivity index (χ4v) is 3.64. The topological polar surface area (TPSA) is 44.5 Å². The lowest BCUT2D eigenvalue weighted by Crippen LogP contribution is -2.32. The molecule has 0 aromatic heterocycles. The van der Waals surface area contributed by atoms with Gasteiger partial charge in [0.1, 0.15) is 0 Å². The number of ether oxygens (including phenoxy) is 2. The van der Waals surface area contributed by atoms with Crippen molar-refractivity contribution in [1.82, 2.24) is 0 Å². The van der Waals surface area contributed by atoms with Crippen LogP contribution >= 0.6 is 15.9 Å². The summed E-state index contributed by atoms with van der Waals surface area (Å²) < 4.78 is 11.8. The number of halogens is 1. The molecule has 0 aliphatic heterocycles. The number of nitrogens with two attached hydrogens (primary N) is 1. The first-order valence-electron chi connectivity index (χ1n) is 6.29. The van der Waals surface area contributed by atoms with Crippen LogP contribution in [-0.4, -0.2) is 20.8 Å². The molecule has 0 saturated heterocycles. The SMILES string of the molecule is COc1cc(Br)c(C2(CN)CCCC2)cc1OC. The van der Waals surface area contributed by atoms with E-state index in [4.69, 9.17) is 15.2 Å². The van der Waals surface area contributed by atoms with Crippen molar-refractivity contribution in [3.05, 3.63) is 22.2 Å².